The summed E-state index contributed by atoms with van der Waals surface area (Å²) in [6.45, 7) is 6.58. The van der Waals surface area contributed by atoms with Gasteiger partial charge in [-0.2, -0.15) is 0 Å². The monoisotopic (exact) mass is 981 g/mol. The number of rotatable bonds is 47. The van der Waals surface area contributed by atoms with Crippen molar-refractivity contribution in [2.45, 2.75) is 213 Å². The number of unbranched alkanes of at least 4 members (excludes halogenated alkanes) is 21. The maximum absolute atomic E-state index is 13.4. The van der Waals surface area contributed by atoms with Gasteiger partial charge in [0.05, 0.1) is 33.8 Å². The fourth-order valence-corrected chi connectivity index (χ4v) is 7.85. The summed E-state index contributed by atoms with van der Waals surface area (Å²) in [6.07, 6.45) is 64.8. The van der Waals surface area contributed by atoms with Gasteiger partial charge in [-0.25, -0.2) is 0 Å². The Morgan fingerprint density at radius 3 is 1.45 bits per heavy atom. The molecule has 0 aromatic carbocycles. The van der Waals surface area contributed by atoms with Crippen LogP contribution in [0.15, 0.2) is 109 Å². The molecule has 0 aromatic rings. The molecule has 0 saturated carbocycles. The standard InChI is InChI=1S/C59H101N2O7P/c1-7-10-13-16-19-22-25-27-29-30-32-33-36-39-42-45-48-51-58(62)60-56(55-67-69(64,65)66-54-53-61(4,5)6)57(50-47-44-41-38-35-24-21-18-15-12-9-3)68-59(63)52-49-46-43-40-37-34-31-28-26-23-20-17-14-11-8-2/h10,13,16,19-20,22-23,25-30,32-33,36,47,50,56-57H,7-9,11-12,14-15,17-18,21,24,31,34-35,37-46,48-49,51-55H2,1-6H3,(H-,60,62,64,65)/b13-10-,19-16+,23-20+,25-22+,28-26+,29-27-,32-30+,36-33+,50-47+. The molecule has 0 spiro atoms. The first-order chi connectivity index (χ1) is 33.4. The number of quaternary nitrogens is 1. The van der Waals surface area contributed by atoms with Crippen molar-refractivity contribution in [1.29, 1.82) is 0 Å². The Morgan fingerprint density at radius 2 is 0.928 bits per heavy atom. The van der Waals surface area contributed by atoms with Crippen molar-refractivity contribution in [3.63, 3.8) is 0 Å². The van der Waals surface area contributed by atoms with Gasteiger partial charge >= 0.3 is 5.97 Å². The quantitative estimate of drug-likeness (QED) is 0.0161. The summed E-state index contributed by atoms with van der Waals surface area (Å²) in [7, 11) is 1.13. The van der Waals surface area contributed by atoms with Gasteiger partial charge in [-0.15, -0.1) is 0 Å². The van der Waals surface area contributed by atoms with Gasteiger partial charge in [0.1, 0.15) is 19.3 Å². The maximum Gasteiger partial charge on any atom is 0.306 e. The van der Waals surface area contributed by atoms with Crippen LogP contribution in [0.3, 0.4) is 0 Å². The van der Waals surface area contributed by atoms with Gasteiger partial charge < -0.3 is 28.5 Å². The Balaban J connectivity index is 5.50. The van der Waals surface area contributed by atoms with E-state index in [-0.39, 0.29) is 31.3 Å². The number of hydrogen-bond acceptors (Lipinski definition) is 7. The number of hydrogen-bond donors (Lipinski definition) is 1. The molecular weight excluding hydrogens is 880 g/mol. The van der Waals surface area contributed by atoms with Crippen molar-refractivity contribution >= 4 is 19.7 Å². The number of allylic oxidation sites excluding steroid dienone is 17. The normalized spacial score (nSPS) is 14.7. The molecule has 1 amide bonds. The lowest BCUT2D eigenvalue weighted by atomic mass is 10.1. The summed E-state index contributed by atoms with van der Waals surface area (Å²) < 4.78 is 30.1. The third kappa shape index (κ3) is 49.4. The highest BCUT2D eigenvalue weighted by Gasteiger charge is 2.27. The Kier molecular flexibility index (Phi) is 46.0. The van der Waals surface area contributed by atoms with Gasteiger partial charge in [-0.05, 0) is 76.7 Å². The smallest absolute Gasteiger partial charge is 0.306 e. The summed E-state index contributed by atoms with van der Waals surface area (Å²) in [4.78, 5) is 39.8. The average molecular weight is 981 g/mol. The first kappa shape index (κ1) is 65.7. The van der Waals surface area contributed by atoms with Crippen molar-refractivity contribution in [1.82, 2.24) is 5.32 Å². The first-order valence-corrected chi connectivity index (χ1v) is 28.8. The van der Waals surface area contributed by atoms with Crippen molar-refractivity contribution in [2.24, 2.45) is 0 Å². The number of carbonyl (C=O) groups is 2. The molecule has 10 heteroatoms. The molecule has 0 saturated heterocycles. The van der Waals surface area contributed by atoms with Crippen molar-refractivity contribution in [3.8, 4) is 0 Å². The number of phosphoric acid groups is 1. The number of nitrogens with one attached hydrogen (secondary N) is 1. The molecule has 1 N–H and O–H groups in total. The molecule has 0 rings (SSSR count). The molecular formula is C59H101N2O7P. The summed E-state index contributed by atoms with van der Waals surface area (Å²) in [6, 6.07) is -0.922. The summed E-state index contributed by atoms with van der Waals surface area (Å²) in [5.74, 6) is -0.617. The van der Waals surface area contributed by atoms with Crippen LogP contribution in [0, 0.1) is 0 Å². The second kappa shape index (κ2) is 48.3. The number of amides is 1. The Labute approximate surface area is 423 Å². The zero-order valence-corrected chi connectivity index (χ0v) is 45.6. The molecule has 3 unspecified atom stereocenters. The molecule has 0 radical (unpaired) electrons. The number of likely N-dealkylation sites (N-methyl/N-ethyl adjacent to an activating group) is 1. The topological polar surface area (TPSA) is 114 Å². The highest BCUT2D eigenvalue weighted by Crippen LogP contribution is 2.38. The van der Waals surface area contributed by atoms with Gasteiger partial charge in [0.25, 0.3) is 7.82 Å². The van der Waals surface area contributed by atoms with Crippen molar-refractivity contribution in [3.05, 3.63) is 109 Å². The minimum Gasteiger partial charge on any atom is -0.756 e. The first-order valence-electron chi connectivity index (χ1n) is 27.3. The summed E-state index contributed by atoms with van der Waals surface area (Å²) in [5.41, 5.74) is 0. The molecule has 9 nitrogen and oxygen atoms in total. The Hall–Kier alpha value is -3.33. The molecule has 0 aliphatic carbocycles. The average Bonchev–Trinajstić information content (AvgIpc) is 3.31. The fraction of sp³-hybridized carbons (Fsp3) is 0.661. The number of ether oxygens (including phenoxy) is 1. The lowest BCUT2D eigenvalue weighted by molar-refractivity contribution is -0.870. The van der Waals surface area contributed by atoms with E-state index in [2.05, 4.69) is 62.5 Å². The second-order valence-electron chi connectivity index (χ2n) is 19.2. The SMILES string of the molecule is CC\C=C/C=C/C=C/C=C\C=C\C=C\CCCCCC(=O)NC(COP(=O)([O-])OCC[N+](C)(C)C)C(/C=C/CCCCCCCCCCC)OC(=O)CCCCCCCC/C=C/C=C/CCCCC. The lowest BCUT2D eigenvalue weighted by Crippen LogP contribution is -2.47. The third-order valence-corrected chi connectivity index (χ3v) is 12.3. The van der Waals surface area contributed by atoms with E-state index >= 15 is 0 Å². The van der Waals surface area contributed by atoms with Gasteiger partial charge in [0, 0.05) is 12.8 Å². The zero-order chi connectivity index (χ0) is 50.8. The molecule has 69 heavy (non-hydrogen) atoms. The highest BCUT2D eigenvalue weighted by atomic mass is 31.2. The van der Waals surface area contributed by atoms with Crippen LogP contribution in [-0.2, 0) is 27.9 Å². The Morgan fingerprint density at radius 1 is 0.522 bits per heavy atom. The predicted molar refractivity (Wildman–Crippen MR) is 293 cm³/mol. The third-order valence-electron chi connectivity index (χ3n) is 11.4. The van der Waals surface area contributed by atoms with Crippen LogP contribution in [0.5, 0.6) is 0 Å². The van der Waals surface area contributed by atoms with Crippen LogP contribution < -0.4 is 10.2 Å². The summed E-state index contributed by atoms with van der Waals surface area (Å²) >= 11 is 0. The molecule has 0 heterocycles. The minimum atomic E-state index is -4.71. The van der Waals surface area contributed by atoms with E-state index in [9.17, 15) is 19.0 Å². The molecule has 3 atom stereocenters. The number of phosphoric ester groups is 1. The van der Waals surface area contributed by atoms with Crippen LogP contribution in [-0.4, -0.2) is 69.4 Å². The van der Waals surface area contributed by atoms with E-state index in [1.807, 2.05) is 88.0 Å². The highest BCUT2D eigenvalue weighted by molar-refractivity contribution is 7.45. The molecule has 0 aromatic heterocycles. The van der Waals surface area contributed by atoms with Gasteiger partial charge in [0.2, 0.25) is 5.91 Å². The van der Waals surface area contributed by atoms with Crippen LogP contribution in [0.1, 0.15) is 201 Å². The van der Waals surface area contributed by atoms with Gasteiger partial charge in [-0.3, -0.25) is 14.2 Å². The number of carbonyl (C=O) groups excluding carboxylic acids is 2. The van der Waals surface area contributed by atoms with E-state index < -0.39 is 26.6 Å². The van der Waals surface area contributed by atoms with Crippen molar-refractivity contribution in [2.75, 3.05) is 40.9 Å². The van der Waals surface area contributed by atoms with Gasteiger partial charge in [-0.1, -0.05) is 220 Å². The zero-order valence-electron chi connectivity index (χ0n) is 44.7. The maximum atomic E-state index is 13.4. The number of nitrogens with zero attached hydrogens (tertiary/aromatic N) is 1. The van der Waals surface area contributed by atoms with E-state index in [4.69, 9.17) is 13.8 Å². The van der Waals surface area contributed by atoms with E-state index in [1.165, 1.54) is 64.2 Å². The van der Waals surface area contributed by atoms with E-state index in [0.29, 0.717) is 23.9 Å². The molecule has 0 aliphatic heterocycles. The summed E-state index contributed by atoms with van der Waals surface area (Å²) in [5, 5.41) is 2.98. The molecule has 0 aliphatic rings. The minimum absolute atomic E-state index is 0.0397. The largest absolute Gasteiger partial charge is 0.756 e. The number of esters is 1. The van der Waals surface area contributed by atoms with Crippen molar-refractivity contribution < 1.29 is 37.3 Å². The lowest BCUT2D eigenvalue weighted by Gasteiger charge is -2.30. The Bertz CT molecular complexity index is 1550. The van der Waals surface area contributed by atoms with Crippen LogP contribution >= 0.6 is 7.82 Å². The second-order valence-corrected chi connectivity index (χ2v) is 20.6. The van der Waals surface area contributed by atoms with Crippen LogP contribution in [0.2, 0.25) is 0 Å². The van der Waals surface area contributed by atoms with E-state index in [0.717, 1.165) is 89.9 Å². The van der Waals surface area contributed by atoms with Crippen LogP contribution in [0.25, 0.3) is 0 Å². The molecule has 394 valence electrons. The van der Waals surface area contributed by atoms with E-state index in [1.54, 1.807) is 6.08 Å². The molecule has 0 fully saturated rings. The molecule has 0 bridgehead atoms. The fourth-order valence-electron chi connectivity index (χ4n) is 7.13. The van der Waals surface area contributed by atoms with Gasteiger partial charge in [0.15, 0.2) is 0 Å². The predicted octanol–water partition coefficient (Wildman–Crippen LogP) is 15.6. The van der Waals surface area contributed by atoms with Crippen LogP contribution in [0.4, 0.5) is 0 Å².